The molecule has 0 radical (unpaired) electrons. The van der Waals surface area contributed by atoms with E-state index < -0.39 is 5.97 Å². The van der Waals surface area contributed by atoms with Gasteiger partial charge in [-0.2, -0.15) is 0 Å². The van der Waals surface area contributed by atoms with E-state index in [0.717, 1.165) is 12.8 Å². The van der Waals surface area contributed by atoms with Gasteiger partial charge in [-0.05, 0) is 19.3 Å². The van der Waals surface area contributed by atoms with Gasteiger partial charge in [-0.15, -0.1) is 12.3 Å². The number of amides is 1. The molecular formula is C11H17NO3. The molecule has 0 fully saturated rings. The van der Waals surface area contributed by atoms with Gasteiger partial charge in [0.05, 0.1) is 0 Å². The smallest absolute Gasteiger partial charge is 0.303 e. The van der Waals surface area contributed by atoms with Crippen LogP contribution in [-0.4, -0.2) is 23.5 Å². The van der Waals surface area contributed by atoms with Gasteiger partial charge in [0, 0.05) is 25.8 Å². The molecule has 0 saturated carbocycles. The minimum absolute atomic E-state index is 0.0302. The van der Waals surface area contributed by atoms with E-state index in [-0.39, 0.29) is 12.3 Å². The van der Waals surface area contributed by atoms with E-state index in [9.17, 15) is 9.59 Å². The molecule has 0 unspecified atom stereocenters. The normalized spacial score (nSPS) is 9.27. The monoisotopic (exact) mass is 211 g/mol. The Morgan fingerprint density at radius 3 is 2.53 bits per heavy atom. The van der Waals surface area contributed by atoms with E-state index in [2.05, 4.69) is 11.2 Å². The standard InChI is InChI=1S/C11H17NO3/c1-2-3-4-5-7-10(13)12-9-6-8-11(14)15/h1H,3-9H2,(H,12,13)(H,14,15). The first-order valence-corrected chi connectivity index (χ1v) is 5.08. The zero-order chi connectivity index (χ0) is 11.5. The van der Waals surface area contributed by atoms with Crippen LogP contribution >= 0.6 is 0 Å². The van der Waals surface area contributed by atoms with Crippen LogP contribution in [0, 0.1) is 12.3 Å². The number of rotatable bonds is 8. The number of carboxylic acids is 1. The predicted octanol–water partition coefficient (Wildman–Crippen LogP) is 1.16. The minimum Gasteiger partial charge on any atom is -0.481 e. The zero-order valence-electron chi connectivity index (χ0n) is 8.79. The maximum absolute atomic E-state index is 11.1. The quantitative estimate of drug-likeness (QED) is 0.467. The fourth-order valence-electron chi connectivity index (χ4n) is 1.07. The summed E-state index contributed by atoms with van der Waals surface area (Å²) in [4.78, 5) is 21.3. The molecule has 0 aromatic rings. The summed E-state index contributed by atoms with van der Waals surface area (Å²) in [5.41, 5.74) is 0. The molecule has 1 amide bonds. The number of carbonyl (C=O) groups excluding carboxylic acids is 1. The highest BCUT2D eigenvalue weighted by molar-refractivity contribution is 5.75. The largest absolute Gasteiger partial charge is 0.481 e. The van der Waals surface area contributed by atoms with Gasteiger partial charge in [-0.1, -0.05) is 0 Å². The van der Waals surface area contributed by atoms with Crippen molar-refractivity contribution in [2.45, 2.75) is 38.5 Å². The Bertz CT molecular complexity index is 243. The third kappa shape index (κ3) is 10.4. The van der Waals surface area contributed by atoms with Crippen LogP contribution in [0.15, 0.2) is 0 Å². The van der Waals surface area contributed by atoms with Crippen molar-refractivity contribution in [2.75, 3.05) is 6.54 Å². The van der Waals surface area contributed by atoms with Gasteiger partial charge >= 0.3 is 5.97 Å². The lowest BCUT2D eigenvalue weighted by Crippen LogP contribution is -2.24. The number of terminal acetylenes is 1. The average molecular weight is 211 g/mol. The number of hydrogen-bond acceptors (Lipinski definition) is 2. The number of carboxylic acid groups (broad SMARTS) is 1. The SMILES string of the molecule is C#CCCCCC(=O)NCCCC(=O)O. The Balaban J connectivity index is 3.27. The van der Waals surface area contributed by atoms with E-state index in [1.807, 2.05) is 0 Å². The van der Waals surface area contributed by atoms with Crippen molar-refractivity contribution in [1.82, 2.24) is 5.32 Å². The molecule has 0 spiro atoms. The molecule has 0 aliphatic rings. The van der Waals surface area contributed by atoms with Crippen LogP contribution in [-0.2, 0) is 9.59 Å². The summed E-state index contributed by atoms with van der Waals surface area (Å²) in [5.74, 6) is 1.64. The summed E-state index contributed by atoms with van der Waals surface area (Å²) in [6, 6.07) is 0. The second-order valence-corrected chi connectivity index (χ2v) is 3.26. The molecule has 0 aromatic carbocycles. The topological polar surface area (TPSA) is 66.4 Å². The lowest BCUT2D eigenvalue weighted by atomic mass is 10.2. The molecule has 0 saturated heterocycles. The van der Waals surface area contributed by atoms with Crippen molar-refractivity contribution >= 4 is 11.9 Å². The molecule has 0 aromatic heterocycles. The second-order valence-electron chi connectivity index (χ2n) is 3.26. The lowest BCUT2D eigenvalue weighted by Gasteiger charge is -2.03. The predicted molar refractivity (Wildman–Crippen MR) is 57.2 cm³/mol. The van der Waals surface area contributed by atoms with Crippen LogP contribution in [0.4, 0.5) is 0 Å². The first-order valence-electron chi connectivity index (χ1n) is 5.08. The van der Waals surface area contributed by atoms with Crippen LogP contribution in [0.2, 0.25) is 0 Å². The molecule has 0 bridgehead atoms. The maximum atomic E-state index is 11.1. The van der Waals surface area contributed by atoms with Crippen molar-refractivity contribution < 1.29 is 14.7 Å². The highest BCUT2D eigenvalue weighted by Gasteiger charge is 2.01. The zero-order valence-corrected chi connectivity index (χ0v) is 8.79. The molecule has 0 rings (SSSR count). The fourth-order valence-corrected chi connectivity index (χ4v) is 1.07. The molecule has 4 nitrogen and oxygen atoms in total. The third-order valence-corrected chi connectivity index (χ3v) is 1.86. The van der Waals surface area contributed by atoms with Crippen LogP contribution in [0.25, 0.3) is 0 Å². The summed E-state index contributed by atoms with van der Waals surface area (Å²) < 4.78 is 0. The lowest BCUT2D eigenvalue weighted by molar-refractivity contribution is -0.137. The van der Waals surface area contributed by atoms with E-state index in [4.69, 9.17) is 11.5 Å². The number of unbranched alkanes of at least 4 members (excludes halogenated alkanes) is 2. The summed E-state index contributed by atoms with van der Waals surface area (Å²) in [5, 5.41) is 11.0. The minimum atomic E-state index is -0.835. The Morgan fingerprint density at radius 2 is 1.93 bits per heavy atom. The van der Waals surface area contributed by atoms with Crippen molar-refractivity contribution in [3.8, 4) is 12.3 Å². The van der Waals surface area contributed by atoms with Gasteiger partial charge in [-0.25, -0.2) is 0 Å². The third-order valence-electron chi connectivity index (χ3n) is 1.86. The van der Waals surface area contributed by atoms with Crippen LogP contribution in [0.3, 0.4) is 0 Å². The van der Waals surface area contributed by atoms with Gasteiger partial charge < -0.3 is 10.4 Å². The Labute approximate surface area is 90.1 Å². The van der Waals surface area contributed by atoms with E-state index in [0.29, 0.717) is 25.8 Å². The highest BCUT2D eigenvalue weighted by Crippen LogP contribution is 1.98. The summed E-state index contributed by atoms with van der Waals surface area (Å²) in [6.07, 6.45) is 8.45. The summed E-state index contributed by atoms with van der Waals surface area (Å²) >= 11 is 0. The number of hydrogen-bond donors (Lipinski definition) is 2. The van der Waals surface area contributed by atoms with E-state index >= 15 is 0 Å². The van der Waals surface area contributed by atoms with E-state index in [1.165, 1.54) is 0 Å². The van der Waals surface area contributed by atoms with Crippen LogP contribution in [0.1, 0.15) is 38.5 Å². The van der Waals surface area contributed by atoms with Gasteiger partial charge in [0.1, 0.15) is 0 Å². The maximum Gasteiger partial charge on any atom is 0.303 e. The first-order chi connectivity index (χ1) is 7.16. The Kier molecular flexibility index (Phi) is 8.16. The van der Waals surface area contributed by atoms with Gasteiger partial charge in [-0.3, -0.25) is 9.59 Å². The summed E-state index contributed by atoms with van der Waals surface area (Å²) in [7, 11) is 0. The van der Waals surface area contributed by atoms with Gasteiger partial charge in [0.15, 0.2) is 0 Å². The summed E-state index contributed by atoms with van der Waals surface area (Å²) in [6.45, 7) is 0.431. The Morgan fingerprint density at radius 1 is 1.20 bits per heavy atom. The molecule has 15 heavy (non-hydrogen) atoms. The molecule has 0 heterocycles. The van der Waals surface area contributed by atoms with Crippen LogP contribution < -0.4 is 5.32 Å². The second kappa shape index (κ2) is 9.07. The average Bonchev–Trinajstić information content (AvgIpc) is 2.19. The molecular weight excluding hydrogens is 194 g/mol. The van der Waals surface area contributed by atoms with Crippen molar-refractivity contribution in [2.24, 2.45) is 0 Å². The molecule has 0 atom stereocenters. The van der Waals surface area contributed by atoms with Crippen molar-refractivity contribution in [3.05, 3.63) is 0 Å². The van der Waals surface area contributed by atoms with Crippen molar-refractivity contribution in [1.29, 1.82) is 0 Å². The fraction of sp³-hybridized carbons (Fsp3) is 0.636. The molecule has 4 heteroatoms. The number of nitrogens with one attached hydrogen (secondary N) is 1. The Hall–Kier alpha value is -1.50. The number of carbonyl (C=O) groups is 2. The van der Waals surface area contributed by atoms with Crippen molar-refractivity contribution in [3.63, 3.8) is 0 Å². The molecule has 0 aliphatic carbocycles. The number of aliphatic carboxylic acids is 1. The van der Waals surface area contributed by atoms with Crippen LogP contribution in [0.5, 0.6) is 0 Å². The first kappa shape index (κ1) is 13.5. The van der Waals surface area contributed by atoms with Gasteiger partial charge in [0.2, 0.25) is 5.91 Å². The van der Waals surface area contributed by atoms with Gasteiger partial charge in [0.25, 0.3) is 0 Å². The molecule has 84 valence electrons. The highest BCUT2D eigenvalue weighted by atomic mass is 16.4. The molecule has 0 aliphatic heterocycles. The molecule has 2 N–H and O–H groups in total. The van der Waals surface area contributed by atoms with E-state index in [1.54, 1.807) is 0 Å².